The predicted octanol–water partition coefficient (Wildman–Crippen LogP) is 16.7. The molecule has 3 atom stereocenters. The highest BCUT2D eigenvalue weighted by Crippen LogP contribution is 2.66. The normalized spacial score (nSPS) is 19.5. The molecule has 0 N–H and O–H groups in total. The van der Waals surface area contributed by atoms with Crippen LogP contribution in [0.15, 0.2) is 200 Å². The van der Waals surface area contributed by atoms with Crippen LogP contribution in [0, 0.1) is 11.8 Å². The first-order chi connectivity index (χ1) is 31.0. The topological polar surface area (TPSA) is 3.24 Å². The van der Waals surface area contributed by atoms with Gasteiger partial charge in [0.1, 0.15) is 0 Å². The lowest BCUT2D eigenvalue weighted by atomic mass is 9.67. The third kappa shape index (κ3) is 5.36. The Labute approximate surface area is 371 Å². The van der Waals surface area contributed by atoms with Gasteiger partial charge >= 0.3 is 0 Å². The van der Waals surface area contributed by atoms with Crippen molar-refractivity contribution < 1.29 is 0 Å². The third-order valence-electron chi connectivity index (χ3n) is 15.7. The van der Waals surface area contributed by atoms with Crippen LogP contribution in [-0.4, -0.2) is 0 Å². The molecule has 0 radical (unpaired) electrons. The maximum Gasteiger partial charge on any atom is 0.0467 e. The number of hydrogen-bond donors (Lipinski definition) is 0. The molecule has 302 valence electrons. The van der Waals surface area contributed by atoms with E-state index in [1.807, 2.05) is 0 Å². The quantitative estimate of drug-likeness (QED) is 0.162. The van der Waals surface area contributed by atoms with Gasteiger partial charge in [0.25, 0.3) is 0 Å². The number of fused-ring (bicyclic) bond motifs is 12. The van der Waals surface area contributed by atoms with Gasteiger partial charge in [0.2, 0.25) is 0 Å². The number of nitrogens with zero attached hydrogens (tertiary/aromatic N) is 1. The van der Waals surface area contributed by atoms with Crippen LogP contribution in [0.25, 0.3) is 66.4 Å². The monoisotopic (exact) mass is 807 g/mol. The smallest absolute Gasteiger partial charge is 0.0467 e. The summed E-state index contributed by atoms with van der Waals surface area (Å²) in [5, 5.41) is 2.53. The highest BCUT2D eigenvalue weighted by Gasteiger charge is 2.56. The minimum Gasteiger partial charge on any atom is -0.310 e. The molecule has 3 unspecified atom stereocenters. The minimum atomic E-state index is -0.103. The number of rotatable bonds is 6. The summed E-state index contributed by atoms with van der Waals surface area (Å²) in [4.78, 5) is 2.51. The van der Waals surface area contributed by atoms with Crippen LogP contribution in [0.5, 0.6) is 0 Å². The standard InChI is InChI=1S/C62H49N/c1-61(2)57-26-9-7-22-53(57)56-25-13-24-55(60(56)61)51-20-6-5-19-49(51)42-29-32-45(33-30-42)63(46-17-11-16-43(37-46)50-23-12-15-41-14-3-4-18-48(41)50)47-34-35-54-52-21-8-10-27-58(52)62(59(54)38-47)39-40-28-31-44(62)36-40/h3-27,29-30,32-35,37-38,40,44H,28,31,36,39H2,1-2H3. The van der Waals surface area contributed by atoms with Gasteiger partial charge in [-0.1, -0.05) is 184 Å². The second kappa shape index (κ2) is 13.8. The Morgan fingerprint density at radius 1 is 0.413 bits per heavy atom. The number of benzene rings is 9. The molecule has 1 heteroatoms. The van der Waals surface area contributed by atoms with E-state index in [9.17, 15) is 0 Å². The van der Waals surface area contributed by atoms with Gasteiger partial charge in [-0.15, -0.1) is 0 Å². The number of anilines is 3. The summed E-state index contributed by atoms with van der Waals surface area (Å²) in [7, 11) is 0. The maximum absolute atomic E-state index is 2.58. The van der Waals surface area contributed by atoms with Gasteiger partial charge in [0.15, 0.2) is 0 Å². The Balaban J connectivity index is 0.957. The molecule has 1 spiro atoms. The van der Waals surface area contributed by atoms with E-state index in [0.717, 1.165) is 17.3 Å². The summed E-state index contributed by atoms with van der Waals surface area (Å²) in [6, 6.07) is 75.6. The van der Waals surface area contributed by atoms with Gasteiger partial charge in [0.05, 0.1) is 0 Å². The fourth-order valence-corrected chi connectivity index (χ4v) is 13.1. The molecule has 1 nitrogen and oxygen atoms in total. The molecule has 0 heterocycles. The third-order valence-corrected chi connectivity index (χ3v) is 15.7. The van der Waals surface area contributed by atoms with Gasteiger partial charge in [-0.3, -0.25) is 0 Å². The van der Waals surface area contributed by atoms with Crippen molar-refractivity contribution >= 4 is 27.8 Å². The predicted molar refractivity (Wildman–Crippen MR) is 264 cm³/mol. The average molecular weight is 808 g/mol. The van der Waals surface area contributed by atoms with Crippen LogP contribution in [0.3, 0.4) is 0 Å². The molecule has 63 heavy (non-hydrogen) atoms. The summed E-state index contributed by atoms with van der Waals surface area (Å²) in [6.45, 7) is 4.78. The van der Waals surface area contributed by atoms with E-state index in [-0.39, 0.29) is 10.8 Å². The van der Waals surface area contributed by atoms with Crippen molar-refractivity contribution in [2.45, 2.75) is 50.4 Å². The van der Waals surface area contributed by atoms with Gasteiger partial charge in [-0.2, -0.15) is 0 Å². The molecule has 13 rings (SSSR count). The molecule has 0 amide bonds. The molecule has 0 aliphatic heterocycles. The Hall–Kier alpha value is -6.96. The number of hydrogen-bond acceptors (Lipinski definition) is 1. The van der Waals surface area contributed by atoms with Crippen LogP contribution in [0.1, 0.15) is 61.8 Å². The molecule has 4 aliphatic carbocycles. The van der Waals surface area contributed by atoms with Gasteiger partial charge in [0, 0.05) is 27.9 Å². The summed E-state index contributed by atoms with van der Waals surface area (Å²) in [6.07, 6.45) is 5.33. The summed E-state index contributed by atoms with van der Waals surface area (Å²) >= 11 is 0. The van der Waals surface area contributed by atoms with Crippen molar-refractivity contribution in [3.8, 4) is 55.6 Å². The van der Waals surface area contributed by atoms with Crippen molar-refractivity contribution in [3.63, 3.8) is 0 Å². The lowest BCUT2D eigenvalue weighted by Gasteiger charge is -2.37. The van der Waals surface area contributed by atoms with E-state index in [0.29, 0.717) is 5.92 Å². The summed E-state index contributed by atoms with van der Waals surface area (Å²) < 4.78 is 0. The lowest BCUT2D eigenvalue weighted by molar-refractivity contribution is 0.327. The van der Waals surface area contributed by atoms with E-state index < -0.39 is 0 Å². The van der Waals surface area contributed by atoms with Crippen LogP contribution >= 0.6 is 0 Å². The maximum atomic E-state index is 2.58. The zero-order chi connectivity index (χ0) is 41.9. The fourth-order valence-electron chi connectivity index (χ4n) is 13.1. The molecule has 2 fully saturated rings. The van der Waals surface area contributed by atoms with Crippen LogP contribution in [0.4, 0.5) is 17.1 Å². The molecule has 9 aromatic rings. The van der Waals surface area contributed by atoms with Crippen LogP contribution < -0.4 is 4.90 Å². The van der Waals surface area contributed by atoms with E-state index in [1.54, 1.807) is 5.56 Å². The van der Waals surface area contributed by atoms with Crippen molar-refractivity contribution in [3.05, 3.63) is 222 Å². The highest BCUT2D eigenvalue weighted by atomic mass is 15.1. The fraction of sp³-hybridized carbons (Fsp3) is 0.161. The largest absolute Gasteiger partial charge is 0.310 e. The van der Waals surface area contributed by atoms with E-state index in [1.165, 1.54) is 114 Å². The second-order valence-corrected chi connectivity index (χ2v) is 19.2. The first-order valence-electron chi connectivity index (χ1n) is 23.0. The van der Waals surface area contributed by atoms with Crippen LogP contribution in [-0.2, 0) is 10.8 Å². The Morgan fingerprint density at radius 3 is 1.79 bits per heavy atom. The van der Waals surface area contributed by atoms with Gasteiger partial charge in [-0.25, -0.2) is 0 Å². The van der Waals surface area contributed by atoms with Crippen LogP contribution in [0.2, 0.25) is 0 Å². The zero-order valence-electron chi connectivity index (χ0n) is 36.0. The highest BCUT2D eigenvalue weighted by molar-refractivity contribution is 5.98. The Morgan fingerprint density at radius 2 is 1.00 bits per heavy atom. The molecule has 4 aliphatic rings. The van der Waals surface area contributed by atoms with Crippen molar-refractivity contribution in [2.24, 2.45) is 11.8 Å². The first-order valence-corrected chi connectivity index (χ1v) is 23.0. The Kier molecular flexibility index (Phi) is 8.02. The van der Waals surface area contributed by atoms with E-state index in [4.69, 9.17) is 0 Å². The van der Waals surface area contributed by atoms with Gasteiger partial charge in [-0.05, 0) is 156 Å². The zero-order valence-corrected chi connectivity index (χ0v) is 36.0. The average Bonchev–Trinajstić information content (AvgIpc) is 4.09. The summed E-state index contributed by atoms with van der Waals surface area (Å²) in [5.41, 5.74) is 22.6. The van der Waals surface area contributed by atoms with Crippen molar-refractivity contribution in [1.82, 2.24) is 0 Å². The van der Waals surface area contributed by atoms with Crippen molar-refractivity contribution in [2.75, 3.05) is 4.90 Å². The van der Waals surface area contributed by atoms with Gasteiger partial charge < -0.3 is 4.90 Å². The molecular formula is C62H49N. The molecule has 0 saturated heterocycles. The SMILES string of the molecule is CC1(C)c2ccccc2-c2cccc(-c3ccccc3-c3ccc(N(c4cccc(-c5cccc6ccccc56)c4)c4ccc5c(c4)C4(CC6CCC4C6)c4ccccc4-5)cc3)c21. The Bertz CT molecular complexity index is 3290. The van der Waals surface area contributed by atoms with E-state index in [2.05, 4.69) is 219 Å². The lowest BCUT2D eigenvalue weighted by Crippen LogP contribution is -2.32. The second-order valence-electron chi connectivity index (χ2n) is 19.2. The molecule has 2 saturated carbocycles. The minimum absolute atomic E-state index is 0.0996. The molecular weight excluding hydrogens is 759 g/mol. The van der Waals surface area contributed by atoms with Crippen molar-refractivity contribution in [1.29, 1.82) is 0 Å². The first kappa shape index (κ1) is 36.7. The van der Waals surface area contributed by atoms with E-state index >= 15 is 0 Å². The molecule has 2 bridgehead atoms. The molecule has 9 aromatic carbocycles. The molecule has 0 aromatic heterocycles. The summed E-state index contributed by atoms with van der Waals surface area (Å²) in [5.74, 6) is 1.52.